The van der Waals surface area contributed by atoms with Crippen LogP contribution < -0.4 is 10.6 Å². The van der Waals surface area contributed by atoms with Gasteiger partial charge in [0.2, 0.25) is 5.91 Å². The Morgan fingerprint density at radius 2 is 2.03 bits per heavy atom. The zero-order chi connectivity index (χ0) is 20.6. The standard InChI is InChI=1S/C21H27N5O3/c1-3-14-8-10-21(11-9-14)19(28)26(20(29)25-21)12-17(27)22-13(2)18-23-15-6-4-5-7-16(15)24-18/h4-7,13-14H,3,8-12H2,1-2H3,(H,22,27)(H,23,24)(H,25,29)/t13-,14?,21?/m1/s1. The van der Waals surface area contributed by atoms with Crippen LogP contribution in [0.1, 0.15) is 57.8 Å². The zero-order valence-corrected chi connectivity index (χ0v) is 16.8. The first-order valence-corrected chi connectivity index (χ1v) is 10.3. The molecule has 8 heteroatoms. The van der Waals surface area contributed by atoms with Crippen LogP contribution in [0.2, 0.25) is 0 Å². The second-order valence-electron chi connectivity index (χ2n) is 8.18. The Kier molecular flexibility index (Phi) is 5.02. The number of benzene rings is 1. The summed E-state index contributed by atoms with van der Waals surface area (Å²) in [4.78, 5) is 46.6. The molecule has 0 unspecified atom stereocenters. The number of hydrogen-bond donors (Lipinski definition) is 3. The van der Waals surface area contributed by atoms with Crippen molar-refractivity contribution in [3.63, 3.8) is 0 Å². The van der Waals surface area contributed by atoms with Gasteiger partial charge in [-0.25, -0.2) is 9.78 Å². The van der Waals surface area contributed by atoms with Crippen molar-refractivity contribution in [2.75, 3.05) is 6.54 Å². The van der Waals surface area contributed by atoms with Gasteiger partial charge in [-0.3, -0.25) is 14.5 Å². The number of nitrogens with zero attached hydrogens (tertiary/aromatic N) is 2. The molecule has 1 atom stereocenters. The van der Waals surface area contributed by atoms with Crippen LogP contribution in [0.3, 0.4) is 0 Å². The fourth-order valence-corrected chi connectivity index (χ4v) is 4.41. The van der Waals surface area contributed by atoms with E-state index >= 15 is 0 Å². The minimum absolute atomic E-state index is 0.274. The summed E-state index contributed by atoms with van der Waals surface area (Å²) in [6.45, 7) is 3.68. The number of amides is 4. The molecule has 4 rings (SSSR count). The number of para-hydroxylation sites is 2. The third-order valence-electron chi connectivity index (χ3n) is 6.28. The number of aromatic amines is 1. The first kappa shape index (κ1) is 19.4. The molecule has 29 heavy (non-hydrogen) atoms. The maximum atomic E-state index is 12.9. The molecule has 2 aromatic rings. The van der Waals surface area contributed by atoms with Gasteiger partial charge < -0.3 is 15.6 Å². The number of nitrogens with one attached hydrogen (secondary N) is 3. The molecule has 4 amide bonds. The highest BCUT2D eigenvalue weighted by Crippen LogP contribution is 2.37. The van der Waals surface area contributed by atoms with Crippen LogP contribution in [0.25, 0.3) is 11.0 Å². The first-order chi connectivity index (χ1) is 13.9. The number of carbonyl (C=O) groups excluding carboxylic acids is 3. The van der Waals surface area contributed by atoms with E-state index in [0.29, 0.717) is 24.6 Å². The van der Waals surface area contributed by atoms with Crippen molar-refractivity contribution in [3.05, 3.63) is 30.1 Å². The normalized spacial score (nSPS) is 25.4. The van der Waals surface area contributed by atoms with Gasteiger partial charge >= 0.3 is 6.03 Å². The average molecular weight is 397 g/mol. The summed E-state index contributed by atoms with van der Waals surface area (Å²) in [5.74, 6) is 0.572. The molecule has 0 bridgehead atoms. The summed E-state index contributed by atoms with van der Waals surface area (Å²) in [6, 6.07) is 6.78. The van der Waals surface area contributed by atoms with Crippen LogP contribution in [-0.2, 0) is 9.59 Å². The van der Waals surface area contributed by atoms with Crippen LogP contribution >= 0.6 is 0 Å². The van der Waals surface area contributed by atoms with Gasteiger partial charge in [0.15, 0.2) is 0 Å². The molecule has 0 radical (unpaired) electrons. The zero-order valence-electron chi connectivity index (χ0n) is 16.8. The molecule has 3 N–H and O–H groups in total. The molecule has 2 fully saturated rings. The minimum Gasteiger partial charge on any atom is -0.345 e. The summed E-state index contributed by atoms with van der Waals surface area (Å²) >= 11 is 0. The second-order valence-corrected chi connectivity index (χ2v) is 8.18. The van der Waals surface area contributed by atoms with Gasteiger partial charge in [-0.05, 0) is 50.7 Å². The molecule has 1 saturated heterocycles. The number of carbonyl (C=O) groups is 3. The molecule has 8 nitrogen and oxygen atoms in total. The molecule has 154 valence electrons. The highest BCUT2D eigenvalue weighted by molar-refractivity contribution is 6.09. The smallest absolute Gasteiger partial charge is 0.325 e. The number of rotatable bonds is 5. The van der Waals surface area contributed by atoms with E-state index in [4.69, 9.17) is 0 Å². The van der Waals surface area contributed by atoms with Crippen molar-refractivity contribution < 1.29 is 14.4 Å². The molecule has 1 aliphatic carbocycles. The predicted molar refractivity (Wildman–Crippen MR) is 108 cm³/mol. The maximum absolute atomic E-state index is 12.9. The Labute approximate surface area is 169 Å². The van der Waals surface area contributed by atoms with Crippen LogP contribution in [-0.4, -0.2) is 44.8 Å². The summed E-state index contributed by atoms with van der Waals surface area (Å²) in [6.07, 6.45) is 4.22. The van der Waals surface area contributed by atoms with Crippen LogP contribution in [0.5, 0.6) is 0 Å². The molecule has 1 spiro atoms. The Morgan fingerprint density at radius 1 is 1.31 bits per heavy atom. The van der Waals surface area contributed by atoms with E-state index in [1.807, 2.05) is 31.2 Å². The lowest BCUT2D eigenvalue weighted by Crippen LogP contribution is -2.50. The van der Waals surface area contributed by atoms with Crippen molar-refractivity contribution in [2.24, 2.45) is 5.92 Å². The van der Waals surface area contributed by atoms with Gasteiger partial charge in [0.05, 0.1) is 17.1 Å². The third-order valence-corrected chi connectivity index (χ3v) is 6.28. The van der Waals surface area contributed by atoms with Crippen molar-refractivity contribution in [1.29, 1.82) is 0 Å². The van der Waals surface area contributed by atoms with E-state index < -0.39 is 11.6 Å². The number of H-pyrrole nitrogens is 1. The quantitative estimate of drug-likeness (QED) is 0.674. The Bertz CT molecular complexity index is 912. The van der Waals surface area contributed by atoms with Crippen molar-refractivity contribution in [1.82, 2.24) is 25.5 Å². The summed E-state index contributed by atoms with van der Waals surface area (Å²) in [7, 11) is 0. The lowest BCUT2D eigenvalue weighted by molar-refractivity contribution is -0.136. The van der Waals surface area contributed by atoms with E-state index in [1.165, 1.54) is 0 Å². The predicted octanol–water partition coefficient (Wildman–Crippen LogP) is 2.63. The molecule has 1 aromatic carbocycles. The van der Waals surface area contributed by atoms with Crippen LogP contribution in [0, 0.1) is 5.92 Å². The second kappa shape index (κ2) is 7.50. The average Bonchev–Trinajstić information content (AvgIpc) is 3.24. The highest BCUT2D eigenvalue weighted by Gasteiger charge is 2.52. The molecular formula is C21H27N5O3. The Hall–Kier alpha value is -2.90. The summed E-state index contributed by atoms with van der Waals surface area (Å²) < 4.78 is 0. The lowest BCUT2D eigenvalue weighted by Gasteiger charge is -2.34. The van der Waals surface area contributed by atoms with Crippen LogP contribution in [0.4, 0.5) is 4.79 Å². The van der Waals surface area contributed by atoms with Gasteiger partial charge in [-0.2, -0.15) is 0 Å². The summed E-state index contributed by atoms with van der Waals surface area (Å²) in [5.41, 5.74) is 0.887. The largest absolute Gasteiger partial charge is 0.345 e. The summed E-state index contributed by atoms with van der Waals surface area (Å²) in [5, 5.41) is 5.69. The third kappa shape index (κ3) is 3.59. The maximum Gasteiger partial charge on any atom is 0.325 e. The number of urea groups is 1. The lowest BCUT2D eigenvalue weighted by atomic mass is 9.75. The van der Waals surface area contributed by atoms with Gasteiger partial charge in [0.1, 0.15) is 17.9 Å². The molecule has 1 aromatic heterocycles. The molecular weight excluding hydrogens is 370 g/mol. The van der Waals surface area contributed by atoms with Crippen molar-refractivity contribution >= 4 is 28.9 Å². The van der Waals surface area contributed by atoms with E-state index in [2.05, 4.69) is 27.5 Å². The van der Waals surface area contributed by atoms with Crippen molar-refractivity contribution in [2.45, 2.75) is 57.5 Å². The van der Waals surface area contributed by atoms with E-state index in [0.717, 1.165) is 35.2 Å². The Morgan fingerprint density at radius 3 is 2.72 bits per heavy atom. The van der Waals surface area contributed by atoms with Crippen LogP contribution in [0.15, 0.2) is 24.3 Å². The molecule has 1 saturated carbocycles. The first-order valence-electron chi connectivity index (χ1n) is 10.3. The van der Waals surface area contributed by atoms with E-state index in [-0.39, 0.29) is 24.4 Å². The van der Waals surface area contributed by atoms with Crippen molar-refractivity contribution in [3.8, 4) is 0 Å². The molecule has 2 aliphatic rings. The SMILES string of the molecule is CCC1CCC2(CC1)NC(=O)N(CC(=O)N[C@H](C)c1nc3ccccc3[nH]1)C2=O. The monoisotopic (exact) mass is 397 g/mol. The fourth-order valence-electron chi connectivity index (χ4n) is 4.41. The van der Waals surface area contributed by atoms with Gasteiger partial charge in [-0.15, -0.1) is 0 Å². The number of aromatic nitrogens is 2. The van der Waals surface area contributed by atoms with Gasteiger partial charge in [0, 0.05) is 0 Å². The number of fused-ring (bicyclic) bond motifs is 1. The van der Waals surface area contributed by atoms with E-state index in [1.54, 1.807) is 0 Å². The van der Waals surface area contributed by atoms with Gasteiger partial charge in [0.25, 0.3) is 5.91 Å². The fraction of sp³-hybridized carbons (Fsp3) is 0.524. The topological polar surface area (TPSA) is 107 Å². The number of imidazole rings is 1. The minimum atomic E-state index is -0.826. The molecule has 2 heterocycles. The number of hydrogen-bond acceptors (Lipinski definition) is 4. The van der Waals surface area contributed by atoms with Gasteiger partial charge in [-0.1, -0.05) is 25.5 Å². The number of imide groups is 1. The van der Waals surface area contributed by atoms with E-state index in [9.17, 15) is 14.4 Å². The Balaban J connectivity index is 1.39. The molecule has 1 aliphatic heterocycles. The highest BCUT2D eigenvalue weighted by atomic mass is 16.2.